The highest BCUT2D eigenvalue weighted by Gasteiger charge is 2.08. The number of nitrogens with zero attached hydrogens (tertiary/aromatic N) is 2. The van der Waals surface area contributed by atoms with E-state index in [2.05, 4.69) is 10.5 Å². The van der Waals surface area contributed by atoms with E-state index < -0.39 is 4.92 Å². The average Bonchev–Trinajstić information content (AvgIpc) is 2.61. The lowest BCUT2D eigenvalue weighted by Crippen LogP contribution is -2.21. The summed E-state index contributed by atoms with van der Waals surface area (Å²) in [5.74, 6) is 0.486. The van der Waals surface area contributed by atoms with Crippen LogP contribution in [0.5, 0.6) is 5.75 Å². The van der Waals surface area contributed by atoms with Gasteiger partial charge in [-0.3, -0.25) is 14.9 Å². The lowest BCUT2D eigenvalue weighted by molar-refractivity contribution is -0.384. The summed E-state index contributed by atoms with van der Waals surface area (Å²) < 4.78 is 5.35. The second-order valence-corrected chi connectivity index (χ2v) is 5.29. The maximum absolute atomic E-state index is 12.0. The minimum absolute atomic E-state index is 0.0206. The van der Waals surface area contributed by atoms with Crippen molar-refractivity contribution in [3.8, 4) is 5.75 Å². The van der Waals surface area contributed by atoms with Gasteiger partial charge in [-0.1, -0.05) is 24.3 Å². The van der Waals surface area contributed by atoms with E-state index in [-0.39, 0.29) is 18.0 Å². The quantitative estimate of drug-likeness (QED) is 0.476. The monoisotopic (exact) mass is 341 g/mol. The van der Waals surface area contributed by atoms with Gasteiger partial charge in [0.1, 0.15) is 5.75 Å². The Morgan fingerprint density at radius 2 is 1.96 bits per heavy atom. The third-order valence-electron chi connectivity index (χ3n) is 3.42. The van der Waals surface area contributed by atoms with Gasteiger partial charge in [0, 0.05) is 17.7 Å². The summed E-state index contributed by atoms with van der Waals surface area (Å²) in [4.78, 5) is 22.3. The summed E-state index contributed by atoms with van der Waals surface area (Å²) in [6.45, 7) is 4.17. The highest BCUT2D eigenvalue weighted by atomic mass is 16.6. The predicted molar refractivity (Wildman–Crippen MR) is 94.8 cm³/mol. The molecule has 7 heteroatoms. The standard InChI is InChI=1S/C18H19N3O4/c1-3-25-17-9-7-14(8-10-17)11-18(22)20-19-13(2)15-5-4-6-16(12-15)21(23)24/h4-10,12H,3,11H2,1-2H3,(H,20,22)/b19-13-. The minimum atomic E-state index is -0.471. The van der Waals surface area contributed by atoms with Crippen molar-refractivity contribution in [2.24, 2.45) is 5.10 Å². The zero-order chi connectivity index (χ0) is 18.2. The van der Waals surface area contributed by atoms with Crippen LogP contribution in [-0.2, 0) is 11.2 Å². The van der Waals surface area contributed by atoms with Gasteiger partial charge in [-0.05, 0) is 31.5 Å². The number of carbonyl (C=O) groups excluding carboxylic acids is 1. The highest BCUT2D eigenvalue weighted by Crippen LogP contribution is 2.14. The molecule has 2 rings (SSSR count). The number of benzene rings is 2. The number of rotatable bonds is 7. The summed E-state index contributed by atoms with van der Waals surface area (Å²) in [5.41, 5.74) is 4.35. The van der Waals surface area contributed by atoms with Crippen LogP contribution in [0.2, 0.25) is 0 Å². The molecular weight excluding hydrogens is 322 g/mol. The molecule has 2 aromatic rings. The second kappa shape index (κ2) is 8.58. The topological polar surface area (TPSA) is 93.8 Å². The van der Waals surface area contributed by atoms with Crippen LogP contribution in [0.3, 0.4) is 0 Å². The van der Waals surface area contributed by atoms with E-state index in [0.29, 0.717) is 17.9 Å². The number of ether oxygens (including phenoxy) is 1. The van der Waals surface area contributed by atoms with Crippen LogP contribution in [0.4, 0.5) is 5.69 Å². The number of nitrogens with one attached hydrogen (secondary N) is 1. The summed E-state index contributed by atoms with van der Waals surface area (Å²) >= 11 is 0. The zero-order valence-corrected chi connectivity index (χ0v) is 14.1. The normalized spacial score (nSPS) is 11.0. The van der Waals surface area contributed by atoms with Crippen LogP contribution in [0, 0.1) is 10.1 Å². The van der Waals surface area contributed by atoms with Gasteiger partial charge in [-0.2, -0.15) is 5.10 Å². The van der Waals surface area contributed by atoms with Crippen LogP contribution in [0.25, 0.3) is 0 Å². The Morgan fingerprint density at radius 1 is 1.24 bits per heavy atom. The van der Waals surface area contributed by atoms with E-state index in [1.807, 2.05) is 31.2 Å². The van der Waals surface area contributed by atoms with Crippen molar-refractivity contribution in [3.05, 3.63) is 69.8 Å². The van der Waals surface area contributed by atoms with Crippen molar-refractivity contribution in [1.29, 1.82) is 0 Å². The minimum Gasteiger partial charge on any atom is -0.494 e. The van der Waals surface area contributed by atoms with Gasteiger partial charge < -0.3 is 4.74 Å². The summed E-state index contributed by atoms with van der Waals surface area (Å²) in [7, 11) is 0. The molecular formula is C18H19N3O4. The van der Waals surface area contributed by atoms with Gasteiger partial charge in [0.25, 0.3) is 5.69 Å². The van der Waals surface area contributed by atoms with Crippen LogP contribution in [-0.4, -0.2) is 23.1 Å². The van der Waals surface area contributed by atoms with Crippen molar-refractivity contribution in [3.63, 3.8) is 0 Å². The van der Waals surface area contributed by atoms with Crippen molar-refractivity contribution in [2.75, 3.05) is 6.61 Å². The first-order valence-electron chi connectivity index (χ1n) is 7.79. The number of hydrogen-bond acceptors (Lipinski definition) is 5. The Hall–Kier alpha value is -3.22. The molecule has 0 heterocycles. The predicted octanol–water partition coefficient (Wildman–Crippen LogP) is 3.08. The summed E-state index contributed by atoms with van der Waals surface area (Å²) in [6.07, 6.45) is 0.179. The van der Waals surface area contributed by atoms with Gasteiger partial charge in [0.2, 0.25) is 5.91 Å². The number of nitro benzene ring substituents is 1. The molecule has 0 unspecified atom stereocenters. The molecule has 0 aliphatic heterocycles. The molecule has 0 saturated heterocycles. The molecule has 7 nitrogen and oxygen atoms in total. The van der Waals surface area contributed by atoms with Crippen molar-refractivity contribution in [2.45, 2.75) is 20.3 Å². The Kier molecular flexibility index (Phi) is 6.22. The Labute approximate surface area is 145 Å². The van der Waals surface area contributed by atoms with Crippen LogP contribution >= 0.6 is 0 Å². The third kappa shape index (κ3) is 5.42. The van der Waals surface area contributed by atoms with Crippen molar-refractivity contribution < 1.29 is 14.5 Å². The number of nitro groups is 1. The van der Waals surface area contributed by atoms with Gasteiger partial charge in [-0.15, -0.1) is 0 Å². The maximum atomic E-state index is 12.0. The lowest BCUT2D eigenvalue weighted by Gasteiger charge is -2.05. The Balaban J connectivity index is 1.96. The Bertz CT molecular complexity index is 785. The number of hydrazone groups is 1. The van der Waals surface area contributed by atoms with Gasteiger partial charge >= 0.3 is 0 Å². The maximum Gasteiger partial charge on any atom is 0.270 e. The smallest absolute Gasteiger partial charge is 0.270 e. The SMILES string of the molecule is CCOc1ccc(CC(=O)N/N=C(/C)c2cccc([N+](=O)[O-])c2)cc1. The second-order valence-electron chi connectivity index (χ2n) is 5.29. The van der Waals surface area contributed by atoms with Crippen LogP contribution in [0.15, 0.2) is 53.6 Å². The summed E-state index contributed by atoms with van der Waals surface area (Å²) in [6, 6.07) is 13.4. The fourth-order valence-corrected chi connectivity index (χ4v) is 2.15. The van der Waals surface area contributed by atoms with Crippen molar-refractivity contribution in [1.82, 2.24) is 5.43 Å². The van der Waals surface area contributed by atoms with Crippen molar-refractivity contribution >= 4 is 17.3 Å². The summed E-state index contributed by atoms with van der Waals surface area (Å²) in [5, 5.41) is 14.8. The van der Waals surface area contributed by atoms with E-state index in [1.54, 1.807) is 19.1 Å². The number of carbonyl (C=O) groups is 1. The van der Waals surface area contributed by atoms with E-state index in [0.717, 1.165) is 11.3 Å². The number of amides is 1. The molecule has 0 atom stereocenters. The molecule has 0 aliphatic rings. The molecule has 0 aliphatic carbocycles. The molecule has 25 heavy (non-hydrogen) atoms. The van der Waals surface area contributed by atoms with Crippen LogP contribution < -0.4 is 10.2 Å². The molecule has 0 spiro atoms. The molecule has 1 N–H and O–H groups in total. The van der Waals surface area contributed by atoms with Gasteiger partial charge in [0.05, 0.1) is 23.7 Å². The molecule has 130 valence electrons. The Morgan fingerprint density at radius 3 is 2.60 bits per heavy atom. The molecule has 0 fully saturated rings. The first kappa shape index (κ1) is 18.1. The first-order valence-corrected chi connectivity index (χ1v) is 7.79. The molecule has 0 saturated carbocycles. The molecule has 2 aromatic carbocycles. The van der Waals surface area contributed by atoms with E-state index in [4.69, 9.17) is 4.74 Å². The third-order valence-corrected chi connectivity index (χ3v) is 3.42. The van der Waals surface area contributed by atoms with E-state index >= 15 is 0 Å². The average molecular weight is 341 g/mol. The number of hydrogen-bond donors (Lipinski definition) is 1. The van der Waals surface area contributed by atoms with E-state index in [9.17, 15) is 14.9 Å². The first-order chi connectivity index (χ1) is 12.0. The number of non-ortho nitro benzene ring substituents is 1. The van der Waals surface area contributed by atoms with Gasteiger partial charge in [0.15, 0.2) is 0 Å². The molecule has 1 amide bonds. The van der Waals surface area contributed by atoms with E-state index in [1.165, 1.54) is 12.1 Å². The molecule has 0 aromatic heterocycles. The van der Waals surface area contributed by atoms with Gasteiger partial charge in [-0.25, -0.2) is 5.43 Å². The van der Waals surface area contributed by atoms with Crippen LogP contribution in [0.1, 0.15) is 25.0 Å². The lowest BCUT2D eigenvalue weighted by atomic mass is 10.1. The fraction of sp³-hybridized carbons (Fsp3) is 0.222. The fourth-order valence-electron chi connectivity index (χ4n) is 2.15. The molecule has 0 bridgehead atoms. The largest absolute Gasteiger partial charge is 0.494 e. The highest BCUT2D eigenvalue weighted by molar-refractivity contribution is 5.99. The molecule has 0 radical (unpaired) electrons. The zero-order valence-electron chi connectivity index (χ0n) is 14.1.